The molecule has 6 heteroatoms. The number of aliphatic imine (C=N–C) groups is 1. The van der Waals surface area contributed by atoms with Crippen LogP contribution in [0.25, 0.3) is 0 Å². The van der Waals surface area contributed by atoms with Crippen LogP contribution in [0.4, 0.5) is 0 Å². The normalized spacial score (nSPS) is 18.3. The zero-order chi connectivity index (χ0) is 18.8. The lowest BCUT2D eigenvalue weighted by molar-refractivity contribution is 0.0536. The van der Waals surface area contributed by atoms with Crippen LogP contribution in [0.5, 0.6) is 0 Å². The molecule has 0 bridgehead atoms. The summed E-state index contributed by atoms with van der Waals surface area (Å²) >= 11 is 0. The first-order chi connectivity index (χ1) is 12.6. The maximum atomic E-state index is 5.70. The largest absolute Gasteiger partial charge is 0.382 e. The van der Waals surface area contributed by atoms with Crippen LogP contribution in [0, 0.1) is 12.8 Å². The molecule has 0 saturated carbocycles. The van der Waals surface area contributed by atoms with Crippen LogP contribution in [0.1, 0.15) is 37.3 Å². The molecule has 2 rings (SSSR count). The minimum absolute atomic E-state index is 0. The van der Waals surface area contributed by atoms with E-state index in [2.05, 4.69) is 55.3 Å². The lowest BCUT2D eigenvalue weighted by Crippen LogP contribution is -2.40. The van der Waals surface area contributed by atoms with Gasteiger partial charge in [0.1, 0.15) is 0 Å². The van der Waals surface area contributed by atoms with Crippen LogP contribution in [0.3, 0.4) is 0 Å². The van der Waals surface area contributed by atoms with Crippen molar-refractivity contribution in [3.63, 3.8) is 0 Å². The maximum absolute atomic E-state index is 5.70. The number of halogens is 1. The van der Waals surface area contributed by atoms with Gasteiger partial charge in [0.25, 0.3) is 0 Å². The highest BCUT2D eigenvalue weighted by Crippen LogP contribution is 2.19. The number of benzene rings is 1. The Balaban J connectivity index is 0.00000364. The van der Waals surface area contributed by atoms with E-state index in [4.69, 9.17) is 14.5 Å². The Kier molecular flexibility index (Phi) is 11.9. The number of ether oxygens (including phenoxy) is 2. The lowest BCUT2D eigenvalue weighted by Gasteiger charge is -2.22. The Bertz CT molecular complexity index is 568. The van der Waals surface area contributed by atoms with Crippen LogP contribution < -0.4 is 5.32 Å². The van der Waals surface area contributed by atoms with E-state index in [-0.39, 0.29) is 24.0 Å². The predicted octanol–water partition coefficient (Wildman–Crippen LogP) is 3.67. The summed E-state index contributed by atoms with van der Waals surface area (Å²) in [5, 5.41) is 3.45. The number of nitrogens with zero attached hydrogens (tertiary/aromatic N) is 2. The average molecular weight is 489 g/mol. The minimum Gasteiger partial charge on any atom is -0.382 e. The molecule has 0 amide bonds. The van der Waals surface area contributed by atoms with Crippen molar-refractivity contribution in [2.75, 3.05) is 53.1 Å². The van der Waals surface area contributed by atoms with Crippen LogP contribution in [-0.2, 0) is 9.47 Å². The number of guanidine groups is 1. The van der Waals surface area contributed by atoms with Gasteiger partial charge in [-0.15, -0.1) is 24.0 Å². The van der Waals surface area contributed by atoms with Crippen LogP contribution in [0.15, 0.2) is 29.3 Å². The zero-order valence-electron chi connectivity index (χ0n) is 17.2. The standard InChI is InChI=1S/C21H35N3O2.HI/c1-5-22-21(23-14-18(3)20-8-6-7-17(2)13-20)24-10-9-19(15-24)16-26-12-11-25-4;/h6-8,13,18-19H,5,9-12,14-16H2,1-4H3,(H,22,23);1H. The van der Waals surface area contributed by atoms with Crippen molar-refractivity contribution in [2.24, 2.45) is 10.9 Å². The number of aryl methyl sites for hydroxylation is 1. The second kappa shape index (κ2) is 13.3. The van der Waals surface area contributed by atoms with Crippen LogP contribution >= 0.6 is 24.0 Å². The molecule has 2 atom stereocenters. The Labute approximate surface area is 181 Å². The quantitative estimate of drug-likeness (QED) is 0.249. The van der Waals surface area contributed by atoms with Crippen molar-refractivity contribution in [3.05, 3.63) is 35.4 Å². The van der Waals surface area contributed by atoms with Gasteiger partial charge in [0, 0.05) is 45.1 Å². The molecule has 1 aromatic carbocycles. The molecule has 0 aliphatic carbocycles. The van der Waals surface area contributed by atoms with Crippen molar-refractivity contribution >= 4 is 29.9 Å². The molecule has 0 radical (unpaired) electrons. The molecule has 1 saturated heterocycles. The molecule has 0 spiro atoms. The third-order valence-electron chi connectivity index (χ3n) is 4.83. The van der Waals surface area contributed by atoms with Gasteiger partial charge in [0.15, 0.2) is 5.96 Å². The summed E-state index contributed by atoms with van der Waals surface area (Å²) in [6.07, 6.45) is 1.16. The Morgan fingerprint density at radius 1 is 1.37 bits per heavy atom. The second-order valence-corrected chi connectivity index (χ2v) is 7.18. The monoisotopic (exact) mass is 489 g/mol. The molecule has 1 N–H and O–H groups in total. The predicted molar refractivity (Wildman–Crippen MR) is 123 cm³/mol. The third kappa shape index (κ3) is 8.35. The Morgan fingerprint density at radius 2 is 2.19 bits per heavy atom. The SMILES string of the molecule is CCNC(=NCC(C)c1cccc(C)c1)N1CCC(COCCOC)C1.I. The van der Waals surface area contributed by atoms with Crippen LogP contribution in [0.2, 0.25) is 0 Å². The van der Waals surface area contributed by atoms with E-state index in [9.17, 15) is 0 Å². The lowest BCUT2D eigenvalue weighted by atomic mass is 10.00. The number of hydrogen-bond donors (Lipinski definition) is 1. The molecule has 1 aliphatic heterocycles. The van der Waals surface area contributed by atoms with Gasteiger partial charge >= 0.3 is 0 Å². The third-order valence-corrected chi connectivity index (χ3v) is 4.83. The zero-order valence-corrected chi connectivity index (χ0v) is 19.6. The van der Waals surface area contributed by atoms with E-state index >= 15 is 0 Å². The number of rotatable bonds is 9. The molecular weight excluding hydrogens is 453 g/mol. The molecule has 2 unspecified atom stereocenters. The van der Waals surface area contributed by atoms with E-state index in [1.807, 2.05) is 0 Å². The van der Waals surface area contributed by atoms with E-state index in [0.717, 1.165) is 45.2 Å². The first-order valence-electron chi connectivity index (χ1n) is 9.80. The second-order valence-electron chi connectivity index (χ2n) is 7.18. The summed E-state index contributed by atoms with van der Waals surface area (Å²) in [6.45, 7) is 12.4. The summed E-state index contributed by atoms with van der Waals surface area (Å²) in [7, 11) is 1.71. The molecule has 0 aromatic heterocycles. The van der Waals surface area contributed by atoms with Gasteiger partial charge in [-0.05, 0) is 25.8 Å². The van der Waals surface area contributed by atoms with Crippen molar-refractivity contribution in [1.82, 2.24) is 10.2 Å². The molecule has 1 fully saturated rings. The molecule has 1 aromatic rings. The van der Waals surface area contributed by atoms with Gasteiger partial charge in [-0.1, -0.05) is 36.8 Å². The van der Waals surface area contributed by atoms with Gasteiger partial charge in [0.05, 0.1) is 19.8 Å². The van der Waals surface area contributed by atoms with Crippen molar-refractivity contribution in [3.8, 4) is 0 Å². The summed E-state index contributed by atoms with van der Waals surface area (Å²) in [6, 6.07) is 8.73. The van der Waals surface area contributed by atoms with Gasteiger partial charge in [-0.3, -0.25) is 4.99 Å². The topological polar surface area (TPSA) is 46.1 Å². The fraction of sp³-hybridized carbons (Fsp3) is 0.667. The number of hydrogen-bond acceptors (Lipinski definition) is 3. The summed E-state index contributed by atoms with van der Waals surface area (Å²) < 4.78 is 10.7. The van der Waals surface area contributed by atoms with Gasteiger partial charge in [0.2, 0.25) is 0 Å². The Morgan fingerprint density at radius 3 is 2.89 bits per heavy atom. The first-order valence-corrected chi connectivity index (χ1v) is 9.80. The first kappa shape index (κ1) is 24.2. The summed E-state index contributed by atoms with van der Waals surface area (Å²) in [5.74, 6) is 2.02. The van der Waals surface area contributed by atoms with E-state index in [1.165, 1.54) is 11.1 Å². The maximum Gasteiger partial charge on any atom is 0.193 e. The fourth-order valence-electron chi connectivity index (χ4n) is 3.28. The number of likely N-dealkylation sites (tertiary alicyclic amines) is 1. The van der Waals surface area contributed by atoms with Crippen LogP contribution in [-0.4, -0.2) is 64.0 Å². The number of methoxy groups -OCH3 is 1. The molecule has 1 aliphatic rings. The summed E-state index contributed by atoms with van der Waals surface area (Å²) in [4.78, 5) is 7.29. The minimum atomic E-state index is 0. The molecule has 154 valence electrons. The van der Waals surface area contributed by atoms with Crippen molar-refractivity contribution in [2.45, 2.75) is 33.1 Å². The van der Waals surface area contributed by atoms with Crippen molar-refractivity contribution < 1.29 is 9.47 Å². The molecule has 27 heavy (non-hydrogen) atoms. The highest BCUT2D eigenvalue weighted by molar-refractivity contribution is 14.0. The fourth-order valence-corrected chi connectivity index (χ4v) is 3.28. The molecular formula is C21H36IN3O2. The van der Waals surface area contributed by atoms with E-state index < -0.39 is 0 Å². The highest BCUT2D eigenvalue weighted by Gasteiger charge is 2.25. The Hall–Kier alpha value is -0.860. The van der Waals surface area contributed by atoms with Crippen molar-refractivity contribution in [1.29, 1.82) is 0 Å². The van der Waals surface area contributed by atoms with E-state index in [1.54, 1.807) is 7.11 Å². The molecule has 5 nitrogen and oxygen atoms in total. The van der Waals surface area contributed by atoms with Gasteiger partial charge in [-0.2, -0.15) is 0 Å². The van der Waals surface area contributed by atoms with Gasteiger partial charge < -0.3 is 19.7 Å². The van der Waals surface area contributed by atoms with Gasteiger partial charge in [-0.25, -0.2) is 0 Å². The molecule has 1 heterocycles. The number of nitrogens with one attached hydrogen (secondary N) is 1. The smallest absolute Gasteiger partial charge is 0.193 e. The van der Waals surface area contributed by atoms with E-state index in [0.29, 0.717) is 25.0 Å². The summed E-state index contributed by atoms with van der Waals surface area (Å²) in [5.41, 5.74) is 2.66. The average Bonchev–Trinajstić information content (AvgIpc) is 3.11. The highest BCUT2D eigenvalue weighted by atomic mass is 127.